The van der Waals surface area contributed by atoms with E-state index in [1.165, 1.54) is 0 Å². The van der Waals surface area contributed by atoms with Crippen LogP contribution in [-0.2, 0) is 0 Å². The third-order valence-corrected chi connectivity index (χ3v) is 2.82. The van der Waals surface area contributed by atoms with Crippen LogP contribution in [0.25, 0.3) is 0 Å². The summed E-state index contributed by atoms with van der Waals surface area (Å²) in [5, 5.41) is 3.06. The van der Waals surface area contributed by atoms with Crippen LogP contribution >= 0.6 is 15.9 Å². The zero-order valence-electron chi connectivity index (χ0n) is 11.7. The van der Waals surface area contributed by atoms with Crippen molar-refractivity contribution in [3.63, 3.8) is 0 Å². The number of rotatable bonds is 3. The van der Waals surface area contributed by atoms with Crippen molar-refractivity contribution in [2.45, 2.75) is 46.6 Å². The van der Waals surface area contributed by atoms with Crippen molar-refractivity contribution in [2.75, 3.05) is 0 Å². The van der Waals surface area contributed by atoms with Crippen molar-refractivity contribution in [1.29, 1.82) is 0 Å². The van der Waals surface area contributed by atoms with E-state index in [0.717, 1.165) is 10.9 Å². The molecule has 18 heavy (non-hydrogen) atoms. The molecule has 0 aliphatic rings. The fraction of sp³-hybridized carbons (Fsp3) is 0.571. The third kappa shape index (κ3) is 5.17. The van der Waals surface area contributed by atoms with Crippen LogP contribution in [0.1, 0.15) is 51.4 Å². The van der Waals surface area contributed by atoms with E-state index in [0.29, 0.717) is 5.56 Å². The van der Waals surface area contributed by atoms with E-state index in [1.54, 1.807) is 18.5 Å². The van der Waals surface area contributed by atoms with Gasteiger partial charge in [0.25, 0.3) is 5.91 Å². The van der Waals surface area contributed by atoms with Gasteiger partial charge in [0, 0.05) is 22.4 Å². The Labute approximate surface area is 118 Å². The first kappa shape index (κ1) is 15.2. The van der Waals surface area contributed by atoms with Gasteiger partial charge in [-0.2, -0.15) is 0 Å². The largest absolute Gasteiger partial charge is 0.347 e. The summed E-state index contributed by atoms with van der Waals surface area (Å²) in [4.78, 5) is 16.1. The number of hydrogen-bond donors (Lipinski definition) is 1. The number of halogens is 1. The molecular weight excluding hydrogens is 292 g/mol. The first-order valence-corrected chi connectivity index (χ1v) is 6.81. The maximum Gasteiger partial charge on any atom is 0.253 e. The number of hydrogen-bond acceptors (Lipinski definition) is 2. The van der Waals surface area contributed by atoms with Gasteiger partial charge in [-0.25, -0.2) is 0 Å². The number of amides is 1. The normalized spacial score (nSPS) is 12.3. The topological polar surface area (TPSA) is 42.0 Å². The molecule has 0 saturated carbocycles. The van der Waals surface area contributed by atoms with E-state index in [4.69, 9.17) is 0 Å². The summed E-state index contributed by atoms with van der Waals surface area (Å²) in [6, 6.07) is 1.77. The van der Waals surface area contributed by atoms with Crippen LogP contribution in [-0.4, -0.2) is 16.4 Å². The van der Waals surface area contributed by atoms with E-state index in [9.17, 15) is 4.79 Å². The fourth-order valence-corrected chi connectivity index (χ4v) is 2.65. The molecule has 1 heterocycles. The quantitative estimate of drug-likeness (QED) is 0.922. The second-order valence-corrected chi connectivity index (χ2v) is 7.38. The third-order valence-electron chi connectivity index (χ3n) is 2.39. The molecule has 0 aromatic carbocycles. The van der Waals surface area contributed by atoms with Gasteiger partial charge in [0.15, 0.2) is 0 Å². The minimum Gasteiger partial charge on any atom is -0.347 e. The van der Waals surface area contributed by atoms with Crippen molar-refractivity contribution in [3.8, 4) is 0 Å². The molecule has 1 rings (SSSR count). The van der Waals surface area contributed by atoms with Gasteiger partial charge in [-0.15, -0.1) is 0 Å². The standard InChI is InChI=1S/C14H21BrN2O/c1-13(2,3)9-14(4,5)17-12(18)10-6-11(15)8-16-7-10/h6-8H,9H2,1-5H3,(H,17,18). The van der Waals surface area contributed by atoms with Crippen molar-refractivity contribution >= 4 is 21.8 Å². The summed E-state index contributed by atoms with van der Waals surface area (Å²) in [6.07, 6.45) is 4.15. The van der Waals surface area contributed by atoms with Crippen LogP contribution in [0.15, 0.2) is 22.9 Å². The average Bonchev–Trinajstić information content (AvgIpc) is 2.12. The molecule has 0 saturated heterocycles. The summed E-state index contributed by atoms with van der Waals surface area (Å²) in [5.41, 5.74) is 0.510. The molecule has 3 nitrogen and oxygen atoms in total. The predicted octanol–water partition coefficient (Wildman–Crippen LogP) is 3.79. The zero-order valence-corrected chi connectivity index (χ0v) is 13.3. The molecule has 0 aliphatic heterocycles. The molecule has 1 N–H and O–H groups in total. The Morgan fingerprint density at radius 1 is 1.28 bits per heavy atom. The van der Waals surface area contributed by atoms with Crippen LogP contribution in [0.4, 0.5) is 0 Å². The molecule has 1 aromatic heterocycles. The maximum atomic E-state index is 12.1. The summed E-state index contributed by atoms with van der Waals surface area (Å²) in [5.74, 6) is -0.0851. The van der Waals surface area contributed by atoms with Crippen molar-refractivity contribution in [1.82, 2.24) is 10.3 Å². The lowest BCUT2D eigenvalue weighted by Crippen LogP contribution is -2.45. The molecule has 100 valence electrons. The van der Waals surface area contributed by atoms with E-state index in [2.05, 4.69) is 47.0 Å². The highest BCUT2D eigenvalue weighted by Gasteiger charge is 2.27. The lowest BCUT2D eigenvalue weighted by Gasteiger charge is -2.33. The highest BCUT2D eigenvalue weighted by atomic mass is 79.9. The lowest BCUT2D eigenvalue weighted by atomic mass is 9.81. The number of pyridine rings is 1. The molecule has 4 heteroatoms. The summed E-state index contributed by atoms with van der Waals surface area (Å²) in [7, 11) is 0. The zero-order chi connectivity index (χ0) is 14.0. The van der Waals surface area contributed by atoms with Gasteiger partial charge in [0.1, 0.15) is 0 Å². The van der Waals surface area contributed by atoms with Crippen molar-refractivity contribution < 1.29 is 4.79 Å². The number of nitrogens with one attached hydrogen (secondary N) is 1. The first-order valence-electron chi connectivity index (χ1n) is 6.02. The van der Waals surface area contributed by atoms with Gasteiger partial charge in [0.05, 0.1) is 5.56 Å². The Kier molecular flexibility index (Phi) is 4.54. The van der Waals surface area contributed by atoms with Crippen LogP contribution in [0.2, 0.25) is 0 Å². The Morgan fingerprint density at radius 3 is 2.39 bits per heavy atom. The molecule has 0 fully saturated rings. The number of aromatic nitrogens is 1. The monoisotopic (exact) mass is 312 g/mol. The van der Waals surface area contributed by atoms with E-state index in [1.807, 2.05) is 13.8 Å². The number of carbonyl (C=O) groups excluding carboxylic acids is 1. The second-order valence-electron chi connectivity index (χ2n) is 6.47. The minimum atomic E-state index is -0.238. The van der Waals surface area contributed by atoms with Crippen LogP contribution in [0.3, 0.4) is 0 Å². The molecular formula is C14H21BrN2O. The Morgan fingerprint density at radius 2 is 1.89 bits per heavy atom. The lowest BCUT2D eigenvalue weighted by molar-refractivity contribution is 0.0891. The minimum absolute atomic E-state index is 0.0851. The highest BCUT2D eigenvalue weighted by molar-refractivity contribution is 9.10. The van der Waals surface area contributed by atoms with Crippen LogP contribution < -0.4 is 5.32 Å². The molecule has 1 amide bonds. The first-order chi connectivity index (χ1) is 8.09. The summed E-state index contributed by atoms with van der Waals surface area (Å²) in [6.45, 7) is 10.6. The Bertz CT molecular complexity index is 436. The van der Waals surface area contributed by atoms with Crippen LogP contribution in [0.5, 0.6) is 0 Å². The van der Waals surface area contributed by atoms with Crippen molar-refractivity contribution in [2.24, 2.45) is 5.41 Å². The fourth-order valence-electron chi connectivity index (χ4n) is 2.29. The van der Waals surface area contributed by atoms with Gasteiger partial charge in [-0.1, -0.05) is 20.8 Å². The smallest absolute Gasteiger partial charge is 0.253 e. The maximum absolute atomic E-state index is 12.1. The Balaban J connectivity index is 2.75. The molecule has 0 aliphatic carbocycles. The molecule has 0 radical (unpaired) electrons. The van der Waals surface area contributed by atoms with Crippen molar-refractivity contribution in [3.05, 3.63) is 28.5 Å². The van der Waals surface area contributed by atoms with Gasteiger partial charge in [0.2, 0.25) is 0 Å². The molecule has 0 spiro atoms. The van der Waals surface area contributed by atoms with Crippen LogP contribution in [0, 0.1) is 5.41 Å². The number of nitrogens with zero attached hydrogens (tertiary/aromatic N) is 1. The highest BCUT2D eigenvalue weighted by Crippen LogP contribution is 2.27. The second kappa shape index (κ2) is 5.39. The molecule has 0 atom stereocenters. The Hall–Kier alpha value is -0.900. The molecule has 0 bridgehead atoms. The summed E-state index contributed by atoms with van der Waals surface area (Å²) < 4.78 is 0.809. The average molecular weight is 313 g/mol. The summed E-state index contributed by atoms with van der Waals surface area (Å²) >= 11 is 3.32. The SMILES string of the molecule is CC(C)(C)CC(C)(C)NC(=O)c1cncc(Br)c1. The van der Waals surface area contributed by atoms with E-state index < -0.39 is 0 Å². The van der Waals surface area contributed by atoms with Gasteiger partial charge >= 0.3 is 0 Å². The number of carbonyl (C=O) groups is 1. The van der Waals surface area contributed by atoms with Gasteiger partial charge in [-0.05, 0) is 47.7 Å². The van der Waals surface area contributed by atoms with Gasteiger partial charge < -0.3 is 5.32 Å². The van der Waals surface area contributed by atoms with E-state index >= 15 is 0 Å². The molecule has 1 aromatic rings. The molecule has 0 unspecified atom stereocenters. The predicted molar refractivity (Wildman–Crippen MR) is 77.6 cm³/mol. The van der Waals surface area contributed by atoms with Gasteiger partial charge in [-0.3, -0.25) is 9.78 Å². The van der Waals surface area contributed by atoms with E-state index in [-0.39, 0.29) is 16.9 Å².